The molecule has 2 rings (SSSR count). The highest BCUT2D eigenvalue weighted by molar-refractivity contribution is 5.78. The highest BCUT2D eigenvalue weighted by Crippen LogP contribution is 2.16. The van der Waals surface area contributed by atoms with Crippen LogP contribution in [0.15, 0.2) is 30.0 Å². The number of imidazole rings is 1. The van der Waals surface area contributed by atoms with E-state index in [1.54, 1.807) is 31.9 Å². The molecular formula is C12H13N5. The van der Waals surface area contributed by atoms with Crippen molar-refractivity contribution in [2.24, 2.45) is 4.99 Å². The minimum absolute atomic E-state index is 0.633. The summed E-state index contributed by atoms with van der Waals surface area (Å²) in [6.07, 6.45) is 6.78. The van der Waals surface area contributed by atoms with E-state index in [1.807, 2.05) is 17.6 Å². The Morgan fingerprint density at radius 2 is 2.24 bits per heavy atom. The van der Waals surface area contributed by atoms with E-state index in [0.717, 1.165) is 11.4 Å². The fraction of sp³-hybridized carbons (Fsp3) is 0.167. The zero-order valence-corrected chi connectivity index (χ0v) is 9.83. The van der Waals surface area contributed by atoms with Crippen molar-refractivity contribution in [2.45, 2.75) is 6.92 Å². The minimum Gasteiger partial charge on any atom is -0.296 e. The van der Waals surface area contributed by atoms with E-state index in [0.29, 0.717) is 11.6 Å². The van der Waals surface area contributed by atoms with Crippen LogP contribution < -0.4 is 0 Å². The van der Waals surface area contributed by atoms with Crippen LogP contribution in [-0.4, -0.2) is 32.8 Å². The summed E-state index contributed by atoms with van der Waals surface area (Å²) in [6.45, 7) is 5.69. The maximum Gasteiger partial charge on any atom is 0.178 e. The minimum atomic E-state index is 0.633. The van der Waals surface area contributed by atoms with Crippen molar-refractivity contribution in [3.63, 3.8) is 0 Å². The lowest BCUT2D eigenvalue weighted by Gasteiger charge is -2.03. The predicted octanol–water partition coefficient (Wildman–Crippen LogP) is 1.80. The molecule has 0 atom stereocenters. The lowest BCUT2D eigenvalue weighted by molar-refractivity contribution is 1.05. The number of aliphatic imine (C=N–C) groups is 1. The highest BCUT2D eigenvalue weighted by atomic mass is 15.1. The van der Waals surface area contributed by atoms with Crippen LogP contribution in [0.25, 0.3) is 17.7 Å². The number of nitrogens with zero attached hydrogens (tertiary/aromatic N) is 5. The van der Waals surface area contributed by atoms with E-state index in [1.165, 1.54) is 0 Å². The third-order valence-corrected chi connectivity index (χ3v) is 2.28. The first kappa shape index (κ1) is 11.2. The van der Waals surface area contributed by atoms with Gasteiger partial charge in [-0.3, -0.25) is 9.56 Å². The lowest BCUT2D eigenvalue weighted by atomic mass is 10.4. The summed E-state index contributed by atoms with van der Waals surface area (Å²) in [6, 6.07) is 1.85. The maximum atomic E-state index is 4.36. The Balaban J connectivity index is 2.56. The largest absolute Gasteiger partial charge is 0.296 e. The van der Waals surface area contributed by atoms with Crippen molar-refractivity contribution in [1.82, 2.24) is 19.5 Å². The number of hydrogen-bond acceptors (Lipinski definition) is 4. The van der Waals surface area contributed by atoms with E-state index < -0.39 is 0 Å². The van der Waals surface area contributed by atoms with Crippen LogP contribution in [0.4, 0.5) is 0 Å². The lowest BCUT2D eigenvalue weighted by Crippen LogP contribution is -1.99. The van der Waals surface area contributed by atoms with Gasteiger partial charge in [0.15, 0.2) is 11.6 Å². The molecule has 0 N–H and O–H groups in total. The summed E-state index contributed by atoms with van der Waals surface area (Å²) in [5.41, 5.74) is 1.72. The molecule has 0 aliphatic rings. The van der Waals surface area contributed by atoms with Gasteiger partial charge in [-0.1, -0.05) is 6.58 Å². The molecule has 17 heavy (non-hydrogen) atoms. The molecule has 0 saturated carbocycles. The van der Waals surface area contributed by atoms with Crippen LogP contribution >= 0.6 is 0 Å². The topological polar surface area (TPSA) is 56.0 Å². The average molecular weight is 227 g/mol. The Kier molecular flexibility index (Phi) is 3.09. The molecule has 5 heteroatoms. The summed E-state index contributed by atoms with van der Waals surface area (Å²) in [4.78, 5) is 16.8. The van der Waals surface area contributed by atoms with Crippen molar-refractivity contribution < 1.29 is 0 Å². The van der Waals surface area contributed by atoms with Gasteiger partial charge in [0, 0.05) is 25.1 Å². The number of hydrogen-bond donors (Lipinski definition) is 0. The first-order valence-corrected chi connectivity index (χ1v) is 5.18. The molecular weight excluding hydrogens is 214 g/mol. The van der Waals surface area contributed by atoms with E-state index >= 15 is 0 Å². The molecule has 0 amide bonds. The third-order valence-electron chi connectivity index (χ3n) is 2.28. The zero-order chi connectivity index (χ0) is 12.3. The smallest absolute Gasteiger partial charge is 0.178 e. The molecule has 2 aromatic rings. The van der Waals surface area contributed by atoms with Crippen LogP contribution in [0.2, 0.25) is 0 Å². The van der Waals surface area contributed by atoms with Gasteiger partial charge in [0.2, 0.25) is 0 Å². The molecule has 0 unspecified atom stereocenters. The van der Waals surface area contributed by atoms with Gasteiger partial charge >= 0.3 is 0 Å². The fourth-order valence-electron chi connectivity index (χ4n) is 1.52. The summed E-state index contributed by atoms with van der Waals surface area (Å²) >= 11 is 0. The molecule has 0 fully saturated rings. The second-order valence-electron chi connectivity index (χ2n) is 3.46. The molecule has 0 bridgehead atoms. The first-order chi connectivity index (χ1) is 8.26. The van der Waals surface area contributed by atoms with Crippen molar-refractivity contribution >= 4 is 12.4 Å². The van der Waals surface area contributed by atoms with Crippen LogP contribution in [0.1, 0.15) is 11.5 Å². The Bertz CT molecular complexity index is 568. The van der Waals surface area contributed by atoms with Crippen LogP contribution in [0, 0.1) is 6.92 Å². The standard InChI is InChI=1S/C12H13N5/c1-4-17-10(7-15-11(17)8-13-3)12-14-6-5-9(2)16-12/h4-8H,1H2,2-3H3/b13-8-. The van der Waals surface area contributed by atoms with Gasteiger partial charge < -0.3 is 0 Å². The van der Waals surface area contributed by atoms with E-state index in [-0.39, 0.29) is 0 Å². The van der Waals surface area contributed by atoms with Gasteiger partial charge in [-0.05, 0) is 13.0 Å². The Morgan fingerprint density at radius 3 is 2.88 bits per heavy atom. The zero-order valence-electron chi connectivity index (χ0n) is 9.83. The predicted molar refractivity (Wildman–Crippen MR) is 67.9 cm³/mol. The molecule has 0 spiro atoms. The molecule has 86 valence electrons. The number of rotatable bonds is 3. The molecule has 0 saturated heterocycles. The summed E-state index contributed by atoms with van der Waals surface area (Å²) in [5.74, 6) is 1.34. The van der Waals surface area contributed by atoms with Gasteiger partial charge in [-0.25, -0.2) is 15.0 Å². The molecule has 2 aromatic heterocycles. The molecule has 5 nitrogen and oxygen atoms in total. The maximum absolute atomic E-state index is 4.36. The van der Waals surface area contributed by atoms with Crippen molar-refractivity contribution in [3.8, 4) is 11.5 Å². The summed E-state index contributed by atoms with van der Waals surface area (Å²) < 4.78 is 1.81. The molecule has 0 aromatic carbocycles. The average Bonchev–Trinajstić information content (AvgIpc) is 2.72. The second-order valence-corrected chi connectivity index (χ2v) is 3.46. The molecule has 0 radical (unpaired) electrons. The van der Waals surface area contributed by atoms with Gasteiger partial charge in [0.25, 0.3) is 0 Å². The van der Waals surface area contributed by atoms with Gasteiger partial charge in [-0.2, -0.15) is 0 Å². The molecule has 2 heterocycles. The second kappa shape index (κ2) is 4.69. The Hall–Kier alpha value is -2.30. The van der Waals surface area contributed by atoms with Crippen molar-refractivity contribution in [1.29, 1.82) is 0 Å². The Labute approximate surface area is 99.6 Å². The number of aromatic nitrogens is 4. The molecule has 0 aliphatic carbocycles. The van der Waals surface area contributed by atoms with Gasteiger partial charge in [0.05, 0.1) is 12.4 Å². The van der Waals surface area contributed by atoms with E-state index in [4.69, 9.17) is 0 Å². The van der Waals surface area contributed by atoms with Crippen LogP contribution in [-0.2, 0) is 0 Å². The fourth-order valence-corrected chi connectivity index (χ4v) is 1.52. The quantitative estimate of drug-likeness (QED) is 0.751. The highest BCUT2D eigenvalue weighted by Gasteiger charge is 2.10. The van der Waals surface area contributed by atoms with Crippen molar-refractivity contribution in [3.05, 3.63) is 36.6 Å². The van der Waals surface area contributed by atoms with Crippen LogP contribution in [0.5, 0.6) is 0 Å². The Morgan fingerprint density at radius 1 is 1.41 bits per heavy atom. The van der Waals surface area contributed by atoms with Gasteiger partial charge in [-0.15, -0.1) is 0 Å². The summed E-state index contributed by atoms with van der Waals surface area (Å²) in [7, 11) is 1.70. The SMILES string of the molecule is C=Cn1c(-c2nccc(C)n2)cnc1/C=N\C. The third kappa shape index (κ3) is 2.13. The first-order valence-electron chi connectivity index (χ1n) is 5.18. The number of aryl methyl sites for hydroxylation is 1. The van der Waals surface area contributed by atoms with Crippen molar-refractivity contribution in [2.75, 3.05) is 7.05 Å². The van der Waals surface area contributed by atoms with Crippen LogP contribution in [0.3, 0.4) is 0 Å². The van der Waals surface area contributed by atoms with E-state index in [9.17, 15) is 0 Å². The normalized spacial score (nSPS) is 10.9. The molecule has 0 aliphatic heterocycles. The van der Waals surface area contributed by atoms with Gasteiger partial charge in [0.1, 0.15) is 5.69 Å². The van der Waals surface area contributed by atoms with E-state index in [2.05, 4.69) is 26.5 Å². The monoisotopic (exact) mass is 227 g/mol. The summed E-state index contributed by atoms with van der Waals surface area (Å²) in [5, 5.41) is 0.